The number of anilines is 1. The average molecular weight is 386 g/mol. The van der Waals surface area contributed by atoms with Crippen molar-refractivity contribution in [3.8, 4) is 0 Å². The van der Waals surface area contributed by atoms with Crippen molar-refractivity contribution in [2.24, 2.45) is 4.99 Å². The Balaban J connectivity index is 1.64. The van der Waals surface area contributed by atoms with Crippen LogP contribution in [-0.4, -0.2) is 36.5 Å². The molecule has 7 heteroatoms. The molecule has 0 radical (unpaired) electrons. The van der Waals surface area contributed by atoms with Crippen LogP contribution in [0.15, 0.2) is 29.3 Å². The van der Waals surface area contributed by atoms with Crippen molar-refractivity contribution in [1.29, 1.82) is 0 Å². The summed E-state index contributed by atoms with van der Waals surface area (Å²) in [6.45, 7) is 8.33. The number of nitrogens with one attached hydrogen (secondary N) is 2. The highest BCUT2D eigenvalue weighted by Crippen LogP contribution is 2.26. The number of amides is 1. The number of carbonyl (C=O) groups is 1. The average Bonchev–Trinajstić information content (AvgIpc) is 3.00. The number of benzene rings is 1. The van der Waals surface area contributed by atoms with Crippen LogP contribution < -0.4 is 15.5 Å². The van der Waals surface area contributed by atoms with Gasteiger partial charge in [0, 0.05) is 23.7 Å². The number of aromatic nitrogens is 1. The van der Waals surface area contributed by atoms with Crippen molar-refractivity contribution in [2.45, 2.75) is 40.2 Å². The molecule has 0 saturated heterocycles. The Morgan fingerprint density at radius 2 is 2.11 bits per heavy atom. The van der Waals surface area contributed by atoms with Crippen LogP contribution in [0.5, 0.6) is 0 Å². The van der Waals surface area contributed by atoms with Crippen LogP contribution >= 0.6 is 11.3 Å². The molecule has 144 valence electrons. The third kappa shape index (κ3) is 4.86. The van der Waals surface area contributed by atoms with Crippen LogP contribution in [0.25, 0.3) is 0 Å². The molecule has 0 atom stereocenters. The number of para-hydroxylation sites is 1. The van der Waals surface area contributed by atoms with Crippen molar-refractivity contribution in [3.05, 3.63) is 45.4 Å². The van der Waals surface area contributed by atoms with Gasteiger partial charge in [0.1, 0.15) is 6.54 Å². The van der Waals surface area contributed by atoms with Gasteiger partial charge in [0.05, 0.1) is 17.2 Å². The molecule has 2 heterocycles. The number of rotatable bonds is 5. The van der Waals surface area contributed by atoms with Crippen molar-refractivity contribution in [2.75, 3.05) is 24.5 Å². The van der Waals surface area contributed by atoms with E-state index in [2.05, 4.69) is 26.7 Å². The maximum Gasteiger partial charge on any atom is 0.248 e. The molecule has 0 unspecified atom stereocenters. The number of hydrogen-bond donors (Lipinski definition) is 2. The second-order valence-corrected chi connectivity index (χ2v) is 7.86. The zero-order valence-electron chi connectivity index (χ0n) is 16.2. The van der Waals surface area contributed by atoms with Crippen LogP contribution in [-0.2, 0) is 17.8 Å². The van der Waals surface area contributed by atoms with E-state index in [4.69, 9.17) is 0 Å². The molecule has 1 aliphatic rings. The van der Waals surface area contributed by atoms with Gasteiger partial charge in [0.25, 0.3) is 0 Å². The summed E-state index contributed by atoms with van der Waals surface area (Å²) >= 11 is 1.68. The van der Waals surface area contributed by atoms with Crippen molar-refractivity contribution in [1.82, 2.24) is 15.6 Å². The summed E-state index contributed by atoms with van der Waals surface area (Å²) in [5.41, 5.74) is 3.31. The van der Waals surface area contributed by atoms with Gasteiger partial charge >= 0.3 is 0 Å². The van der Waals surface area contributed by atoms with E-state index in [0.29, 0.717) is 12.5 Å². The predicted molar refractivity (Wildman–Crippen MR) is 112 cm³/mol. The van der Waals surface area contributed by atoms with Crippen LogP contribution in [0.3, 0.4) is 0 Å². The maximum absolute atomic E-state index is 12.8. The van der Waals surface area contributed by atoms with E-state index in [9.17, 15) is 4.79 Å². The highest BCUT2D eigenvalue weighted by atomic mass is 32.1. The number of thiazole rings is 1. The van der Waals surface area contributed by atoms with Gasteiger partial charge in [0.2, 0.25) is 5.91 Å². The molecule has 0 saturated carbocycles. The summed E-state index contributed by atoms with van der Waals surface area (Å²) in [5, 5.41) is 7.58. The summed E-state index contributed by atoms with van der Waals surface area (Å²) in [4.78, 5) is 24.8. The van der Waals surface area contributed by atoms with Gasteiger partial charge in [-0.1, -0.05) is 18.2 Å². The Labute approximate surface area is 164 Å². The second kappa shape index (κ2) is 8.99. The molecule has 0 fully saturated rings. The quantitative estimate of drug-likeness (QED) is 0.613. The fourth-order valence-electron chi connectivity index (χ4n) is 3.27. The molecule has 3 rings (SSSR count). The topological polar surface area (TPSA) is 69.6 Å². The van der Waals surface area contributed by atoms with Crippen LogP contribution in [0, 0.1) is 13.8 Å². The van der Waals surface area contributed by atoms with Crippen molar-refractivity contribution in [3.63, 3.8) is 0 Å². The number of guanidine groups is 1. The largest absolute Gasteiger partial charge is 0.357 e. The Morgan fingerprint density at radius 1 is 1.30 bits per heavy atom. The Morgan fingerprint density at radius 3 is 2.85 bits per heavy atom. The third-order valence-electron chi connectivity index (χ3n) is 4.54. The molecule has 6 nitrogen and oxygen atoms in total. The minimum atomic E-state index is 0.0316. The SMILES string of the molecule is CCNC(=NCC(=O)N1CCCc2ccccc21)NCc1sc(C)nc1C. The van der Waals surface area contributed by atoms with Gasteiger partial charge in [-0.3, -0.25) is 4.79 Å². The Hall–Kier alpha value is -2.41. The van der Waals surface area contributed by atoms with Gasteiger partial charge in [-0.2, -0.15) is 0 Å². The van der Waals surface area contributed by atoms with Gasteiger partial charge in [-0.25, -0.2) is 9.98 Å². The lowest BCUT2D eigenvalue weighted by molar-refractivity contribution is -0.117. The Kier molecular flexibility index (Phi) is 6.45. The van der Waals surface area contributed by atoms with E-state index in [0.717, 1.165) is 42.3 Å². The predicted octanol–water partition coefficient (Wildman–Crippen LogP) is 2.79. The first-order valence-electron chi connectivity index (χ1n) is 9.42. The number of aliphatic imine (C=N–C) groups is 1. The first-order chi connectivity index (χ1) is 13.1. The fraction of sp³-hybridized carbons (Fsp3) is 0.450. The monoisotopic (exact) mass is 385 g/mol. The molecular formula is C20H27N5OS. The molecule has 1 aromatic heterocycles. The molecule has 2 aromatic rings. The molecule has 1 aliphatic heterocycles. The highest BCUT2D eigenvalue weighted by Gasteiger charge is 2.21. The van der Waals surface area contributed by atoms with E-state index < -0.39 is 0 Å². The van der Waals surface area contributed by atoms with E-state index in [1.807, 2.05) is 43.9 Å². The Bertz CT molecular complexity index is 830. The van der Waals surface area contributed by atoms with Gasteiger partial charge in [0.15, 0.2) is 5.96 Å². The van der Waals surface area contributed by atoms with Gasteiger partial charge in [-0.05, 0) is 45.2 Å². The van der Waals surface area contributed by atoms with Crippen molar-refractivity contribution < 1.29 is 4.79 Å². The zero-order valence-corrected chi connectivity index (χ0v) is 17.0. The fourth-order valence-corrected chi connectivity index (χ4v) is 4.14. The summed E-state index contributed by atoms with van der Waals surface area (Å²) in [5.74, 6) is 0.686. The van der Waals surface area contributed by atoms with Gasteiger partial charge in [-0.15, -0.1) is 11.3 Å². The number of fused-ring (bicyclic) bond motifs is 1. The van der Waals surface area contributed by atoms with E-state index in [1.165, 1.54) is 10.4 Å². The number of hydrogen-bond acceptors (Lipinski definition) is 4. The summed E-state index contributed by atoms with van der Waals surface area (Å²) in [6, 6.07) is 8.14. The van der Waals surface area contributed by atoms with E-state index in [-0.39, 0.29) is 12.5 Å². The molecule has 0 bridgehead atoms. The molecule has 2 N–H and O–H groups in total. The molecular weight excluding hydrogens is 358 g/mol. The zero-order chi connectivity index (χ0) is 19.2. The molecule has 1 amide bonds. The molecule has 1 aromatic carbocycles. The minimum Gasteiger partial charge on any atom is -0.357 e. The first kappa shape index (κ1) is 19.4. The van der Waals surface area contributed by atoms with Crippen molar-refractivity contribution >= 4 is 28.9 Å². The summed E-state index contributed by atoms with van der Waals surface area (Å²) in [6.07, 6.45) is 2.02. The number of carbonyl (C=O) groups excluding carboxylic acids is 1. The second-order valence-electron chi connectivity index (χ2n) is 6.57. The minimum absolute atomic E-state index is 0.0316. The maximum atomic E-state index is 12.8. The summed E-state index contributed by atoms with van der Waals surface area (Å²) < 4.78 is 0. The molecule has 0 spiro atoms. The lowest BCUT2D eigenvalue weighted by Crippen LogP contribution is -2.40. The van der Waals surface area contributed by atoms with E-state index in [1.54, 1.807) is 11.3 Å². The van der Waals surface area contributed by atoms with Crippen LogP contribution in [0.4, 0.5) is 5.69 Å². The van der Waals surface area contributed by atoms with E-state index >= 15 is 0 Å². The number of nitrogens with zero attached hydrogens (tertiary/aromatic N) is 3. The lowest BCUT2D eigenvalue weighted by Gasteiger charge is -2.29. The third-order valence-corrected chi connectivity index (χ3v) is 5.62. The standard InChI is InChI=1S/C20H27N5OS/c1-4-21-20(22-12-18-14(2)24-15(3)27-18)23-13-19(26)25-11-7-9-16-8-5-6-10-17(16)25/h5-6,8,10H,4,7,9,11-13H2,1-3H3,(H2,21,22,23). The normalized spacial score (nSPS) is 14.0. The molecule has 27 heavy (non-hydrogen) atoms. The summed E-state index contributed by atoms with van der Waals surface area (Å²) in [7, 11) is 0. The smallest absolute Gasteiger partial charge is 0.248 e. The first-order valence-corrected chi connectivity index (χ1v) is 10.2. The highest BCUT2D eigenvalue weighted by molar-refractivity contribution is 7.11. The molecule has 0 aliphatic carbocycles. The van der Waals surface area contributed by atoms with Crippen LogP contribution in [0.1, 0.15) is 34.5 Å². The number of aryl methyl sites for hydroxylation is 3. The van der Waals surface area contributed by atoms with Gasteiger partial charge < -0.3 is 15.5 Å². The lowest BCUT2D eigenvalue weighted by atomic mass is 10.0. The van der Waals surface area contributed by atoms with Crippen LogP contribution in [0.2, 0.25) is 0 Å².